The van der Waals surface area contributed by atoms with Crippen LogP contribution in [0.3, 0.4) is 0 Å². The smallest absolute Gasteiger partial charge is 0.358 e. The molecule has 1 atom stereocenters. The molecular weight excluding hydrogens is 387 g/mol. The third-order valence-electron chi connectivity index (χ3n) is 4.03. The number of aromatic amines is 1. The van der Waals surface area contributed by atoms with E-state index in [2.05, 4.69) is 19.5 Å². The van der Waals surface area contributed by atoms with Gasteiger partial charge in [-0.05, 0) is 30.7 Å². The van der Waals surface area contributed by atoms with Gasteiger partial charge in [-0.2, -0.15) is 9.97 Å². The van der Waals surface area contributed by atoms with Crippen LogP contribution in [0.15, 0.2) is 29.1 Å². The fourth-order valence-corrected chi connectivity index (χ4v) is 3.42. The molecular formula is C16H21N6O5P. The van der Waals surface area contributed by atoms with Crippen LogP contribution in [0.2, 0.25) is 0 Å². The van der Waals surface area contributed by atoms with E-state index < -0.39 is 13.3 Å². The molecule has 0 aliphatic heterocycles. The Morgan fingerprint density at radius 3 is 2.86 bits per heavy atom. The minimum atomic E-state index is -3.91. The number of aromatic nitrogens is 4. The topological polar surface area (TPSA) is 171 Å². The third-order valence-corrected chi connectivity index (χ3v) is 5.46. The number of hydrogen-bond donors (Lipinski definition) is 4. The molecule has 150 valence electrons. The largest absolute Gasteiger partial charge is 0.463 e. The molecule has 0 fully saturated rings. The van der Waals surface area contributed by atoms with Gasteiger partial charge in [-0.3, -0.25) is 9.13 Å². The Kier molecular flexibility index (Phi) is 5.80. The van der Waals surface area contributed by atoms with Crippen molar-refractivity contribution < 1.29 is 18.7 Å². The molecule has 0 bridgehead atoms. The minimum absolute atomic E-state index is 0.0409. The Labute approximate surface area is 159 Å². The Hall–Kier alpha value is -2.72. The number of rotatable bonds is 8. The first-order valence-corrected chi connectivity index (χ1v) is 10.0. The van der Waals surface area contributed by atoms with Gasteiger partial charge < -0.3 is 30.6 Å². The highest BCUT2D eigenvalue weighted by atomic mass is 31.2. The summed E-state index contributed by atoms with van der Waals surface area (Å²) in [4.78, 5) is 33.2. The molecule has 12 heteroatoms. The van der Waals surface area contributed by atoms with E-state index in [1.807, 2.05) is 0 Å². The van der Waals surface area contributed by atoms with Crippen LogP contribution in [0.4, 0.5) is 5.82 Å². The van der Waals surface area contributed by atoms with E-state index in [0.29, 0.717) is 25.1 Å². The van der Waals surface area contributed by atoms with E-state index in [0.717, 1.165) is 7.11 Å². The molecule has 6 N–H and O–H groups in total. The molecule has 0 saturated heterocycles. The predicted molar refractivity (Wildman–Crippen MR) is 104 cm³/mol. The van der Waals surface area contributed by atoms with Crippen LogP contribution in [0.25, 0.3) is 11.2 Å². The molecule has 0 aliphatic carbocycles. The summed E-state index contributed by atoms with van der Waals surface area (Å²) in [5.74, 6) is 0.0802. The zero-order valence-corrected chi connectivity index (χ0v) is 16.1. The van der Waals surface area contributed by atoms with Crippen molar-refractivity contribution in [2.45, 2.75) is 13.0 Å². The molecule has 1 unspecified atom stereocenters. The molecule has 2 aromatic heterocycles. The highest BCUT2D eigenvalue weighted by Gasteiger charge is 2.21. The highest BCUT2D eigenvalue weighted by Crippen LogP contribution is 2.39. The number of hydrogen-bond acceptors (Lipinski definition) is 8. The lowest BCUT2D eigenvalue weighted by atomic mass is 10.2. The Morgan fingerprint density at radius 2 is 2.14 bits per heavy atom. The van der Waals surface area contributed by atoms with Gasteiger partial charge in [-0.25, -0.2) is 4.79 Å². The highest BCUT2D eigenvalue weighted by molar-refractivity contribution is 7.61. The number of nitrogens with one attached hydrogen (secondary N) is 1. The van der Waals surface area contributed by atoms with Gasteiger partial charge in [0, 0.05) is 7.11 Å². The zero-order chi connectivity index (χ0) is 20.3. The molecule has 11 nitrogen and oxygen atoms in total. The van der Waals surface area contributed by atoms with Crippen LogP contribution in [0.5, 0.6) is 6.01 Å². The monoisotopic (exact) mass is 408 g/mol. The van der Waals surface area contributed by atoms with E-state index in [1.165, 1.54) is 16.7 Å². The summed E-state index contributed by atoms with van der Waals surface area (Å²) in [6, 6.07) is 6.35. The lowest BCUT2D eigenvalue weighted by molar-refractivity contribution is 0.290. The maximum atomic E-state index is 12.4. The molecule has 1 aromatic carbocycles. The van der Waals surface area contributed by atoms with Crippen LogP contribution in [0, 0.1) is 0 Å². The van der Waals surface area contributed by atoms with Gasteiger partial charge >= 0.3 is 19.3 Å². The standard InChI is InChI=1S/C16H21N6O5P/c1-26-28(24,25)11-5-2-4-10(8-11)9-22-14-12(19-16(22)23)13(18)20-15(21-14)27-7-3-6-17/h2,4-5,8H,3,6-7,9,17H2,1H3,(H,19,23)(H,24,25)(H2,18,20,21). The minimum Gasteiger partial charge on any atom is -0.463 e. The molecule has 0 radical (unpaired) electrons. The van der Waals surface area contributed by atoms with E-state index in [9.17, 15) is 14.3 Å². The van der Waals surface area contributed by atoms with E-state index in [-0.39, 0.29) is 34.8 Å². The summed E-state index contributed by atoms with van der Waals surface area (Å²) in [7, 11) is -2.75. The molecule has 3 aromatic rings. The molecule has 28 heavy (non-hydrogen) atoms. The summed E-state index contributed by atoms with van der Waals surface area (Å²) in [6.45, 7) is 0.870. The first kappa shape index (κ1) is 20.0. The summed E-state index contributed by atoms with van der Waals surface area (Å²) < 4.78 is 23.5. The number of H-pyrrole nitrogens is 1. The number of imidazole rings is 1. The lowest BCUT2D eigenvalue weighted by Gasteiger charge is -2.11. The zero-order valence-electron chi connectivity index (χ0n) is 15.2. The normalized spacial score (nSPS) is 13.5. The lowest BCUT2D eigenvalue weighted by Crippen LogP contribution is -2.19. The van der Waals surface area contributed by atoms with Gasteiger partial charge in [0.05, 0.1) is 18.5 Å². The summed E-state index contributed by atoms with van der Waals surface area (Å²) >= 11 is 0. The summed E-state index contributed by atoms with van der Waals surface area (Å²) in [6.07, 6.45) is 0.620. The second-order valence-corrected chi connectivity index (χ2v) is 7.89. The molecule has 0 aliphatic rings. The van der Waals surface area contributed by atoms with Crippen molar-refractivity contribution in [2.24, 2.45) is 5.73 Å². The van der Waals surface area contributed by atoms with Crippen LogP contribution in [0.1, 0.15) is 12.0 Å². The SMILES string of the molecule is COP(=O)(O)c1cccc(Cn2c(=O)[nH]c3c(N)nc(OCCCN)nc32)c1. The first-order chi connectivity index (χ1) is 13.4. The van der Waals surface area contributed by atoms with Crippen molar-refractivity contribution in [3.8, 4) is 6.01 Å². The number of nitrogens with zero attached hydrogens (tertiary/aromatic N) is 3. The average Bonchev–Trinajstić information content (AvgIpc) is 2.99. The summed E-state index contributed by atoms with van der Waals surface area (Å²) in [5.41, 5.74) is 12.1. The van der Waals surface area contributed by atoms with Crippen LogP contribution in [-0.2, 0) is 15.6 Å². The second-order valence-electron chi connectivity index (χ2n) is 5.97. The number of nitrogens with two attached hydrogens (primary N) is 2. The molecule has 3 rings (SSSR count). The first-order valence-electron chi connectivity index (χ1n) is 8.42. The fraction of sp³-hybridized carbons (Fsp3) is 0.312. The number of ether oxygens (including phenoxy) is 1. The van der Waals surface area contributed by atoms with Gasteiger partial charge in [0.15, 0.2) is 11.5 Å². The van der Waals surface area contributed by atoms with Crippen molar-refractivity contribution in [3.63, 3.8) is 0 Å². The maximum Gasteiger partial charge on any atom is 0.358 e. The fourth-order valence-electron chi connectivity index (χ4n) is 2.61. The Morgan fingerprint density at radius 1 is 1.36 bits per heavy atom. The molecule has 0 saturated carbocycles. The number of anilines is 1. The predicted octanol–water partition coefficient (Wildman–Crippen LogP) is -0.0652. The van der Waals surface area contributed by atoms with Crippen LogP contribution >= 0.6 is 7.60 Å². The van der Waals surface area contributed by atoms with Crippen molar-refractivity contribution in [3.05, 3.63) is 40.3 Å². The van der Waals surface area contributed by atoms with E-state index in [4.69, 9.17) is 16.2 Å². The Balaban J connectivity index is 1.99. The van der Waals surface area contributed by atoms with Gasteiger partial charge in [0.2, 0.25) is 0 Å². The van der Waals surface area contributed by atoms with Crippen molar-refractivity contribution >= 4 is 29.9 Å². The van der Waals surface area contributed by atoms with Gasteiger partial charge in [0.1, 0.15) is 5.52 Å². The Bertz CT molecular complexity index is 1090. The van der Waals surface area contributed by atoms with Crippen molar-refractivity contribution in [1.29, 1.82) is 0 Å². The third kappa shape index (κ3) is 4.07. The van der Waals surface area contributed by atoms with E-state index >= 15 is 0 Å². The van der Waals surface area contributed by atoms with Gasteiger partial charge in [0.25, 0.3) is 0 Å². The van der Waals surface area contributed by atoms with Gasteiger partial charge in [-0.1, -0.05) is 12.1 Å². The number of fused-ring (bicyclic) bond motifs is 1. The van der Waals surface area contributed by atoms with Crippen LogP contribution in [-0.4, -0.2) is 44.7 Å². The molecule has 0 spiro atoms. The van der Waals surface area contributed by atoms with Gasteiger partial charge in [-0.15, -0.1) is 0 Å². The average molecular weight is 408 g/mol. The summed E-state index contributed by atoms with van der Waals surface area (Å²) in [5, 5.41) is 0.125. The quantitative estimate of drug-likeness (QED) is 0.294. The molecule has 2 heterocycles. The molecule has 0 amide bonds. The van der Waals surface area contributed by atoms with Crippen molar-refractivity contribution in [1.82, 2.24) is 19.5 Å². The number of benzene rings is 1. The second kappa shape index (κ2) is 8.11. The van der Waals surface area contributed by atoms with E-state index in [1.54, 1.807) is 12.1 Å². The number of nitrogen functional groups attached to an aromatic ring is 1. The van der Waals surface area contributed by atoms with Crippen LogP contribution < -0.4 is 27.2 Å². The maximum absolute atomic E-state index is 12.4. The van der Waals surface area contributed by atoms with Crippen molar-refractivity contribution in [2.75, 3.05) is 26.0 Å².